The second-order valence-electron chi connectivity index (χ2n) is 12.5. The molecule has 0 radical (unpaired) electrons. The number of hydrogen-bond donors (Lipinski definition) is 6. The van der Waals surface area contributed by atoms with Gasteiger partial charge in [0.25, 0.3) is 0 Å². The van der Waals surface area contributed by atoms with Crippen molar-refractivity contribution in [3.05, 3.63) is 105 Å². The highest BCUT2D eigenvalue weighted by atomic mass is 79.9. The highest BCUT2D eigenvalue weighted by molar-refractivity contribution is 9.10. The number of nitrogens with one attached hydrogen (secondary N) is 3. The number of pyridine rings is 1. The van der Waals surface area contributed by atoms with E-state index in [0.717, 1.165) is 77.9 Å². The minimum absolute atomic E-state index is 0.113. The van der Waals surface area contributed by atoms with Crippen LogP contribution in [0.1, 0.15) is 47.1 Å². The summed E-state index contributed by atoms with van der Waals surface area (Å²) in [5, 5.41) is 52.5. The molecule has 1 saturated heterocycles. The molecule has 0 saturated carbocycles. The number of anilines is 1. The highest BCUT2D eigenvalue weighted by Crippen LogP contribution is 2.36. The van der Waals surface area contributed by atoms with E-state index in [-0.39, 0.29) is 25.9 Å². The molecule has 3 aromatic carbocycles. The second kappa shape index (κ2) is 19.1. The number of carboxylic acids is 1. The molecule has 1 unspecified atom stereocenters. The van der Waals surface area contributed by atoms with Crippen LogP contribution in [-0.4, -0.2) is 82.3 Å². The minimum atomic E-state index is -1.17. The van der Waals surface area contributed by atoms with E-state index < -0.39 is 18.6 Å². The average Bonchev–Trinajstić information content (AvgIpc) is 3.16. The SMILES string of the molecule is N#Cc1cncc(COc2cc(OCc3cccc(-c4cccc(NCCCN5CCC(O)CC5)c4C=N)c3Br)ccc2CNC(CO)C(=O)O)c1. The van der Waals surface area contributed by atoms with Crippen LogP contribution in [0.15, 0.2) is 77.5 Å². The molecule has 13 heteroatoms. The Hall–Kier alpha value is -4.84. The van der Waals surface area contributed by atoms with Crippen molar-refractivity contribution >= 4 is 33.8 Å². The topological polar surface area (TPSA) is 184 Å². The summed E-state index contributed by atoms with van der Waals surface area (Å²) in [7, 11) is 0. The van der Waals surface area contributed by atoms with Gasteiger partial charge in [-0.1, -0.05) is 36.4 Å². The molecule has 0 amide bonds. The Morgan fingerprint density at radius 3 is 2.62 bits per heavy atom. The molecule has 5 rings (SSSR count). The summed E-state index contributed by atoms with van der Waals surface area (Å²) in [6, 6.07) is 19.8. The Labute approximate surface area is 311 Å². The summed E-state index contributed by atoms with van der Waals surface area (Å²) in [5.41, 5.74) is 6.14. The van der Waals surface area contributed by atoms with E-state index >= 15 is 0 Å². The molecule has 6 N–H and O–H groups in total. The van der Waals surface area contributed by atoms with Crippen molar-refractivity contribution in [2.45, 2.75) is 51.2 Å². The molecule has 0 aliphatic carbocycles. The monoisotopic (exact) mass is 770 g/mol. The molecule has 4 aromatic rings. The van der Waals surface area contributed by atoms with Gasteiger partial charge in [0, 0.05) is 83.3 Å². The second-order valence-corrected chi connectivity index (χ2v) is 13.3. The maximum absolute atomic E-state index is 11.5. The largest absolute Gasteiger partial charge is 0.489 e. The van der Waals surface area contributed by atoms with Gasteiger partial charge < -0.3 is 40.4 Å². The van der Waals surface area contributed by atoms with Gasteiger partial charge in [-0.2, -0.15) is 5.26 Å². The number of benzene rings is 3. The number of ether oxygens (including phenoxy) is 2. The molecule has 52 heavy (non-hydrogen) atoms. The van der Waals surface area contributed by atoms with Crippen molar-refractivity contribution < 1.29 is 29.6 Å². The Balaban J connectivity index is 1.29. The number of aliphatic carboxylic acids is 1. The van der Waals surface area contributed by atoms with Gasteiger partial charge in [0.15, 0.2) is 0 Å². The summed E-state index contributed by atoms with van der Waals surface area (Å²) in [6.07, 6.45) is 6.88. The first-order chi connectivity index (χ1) is 25.3. The lowest BCUT2D eigenvalue weighted by molar-refractivity contribution is -0.140. The third kappa shape index (κ3) is 10.4. The summed E-state index contributed by atoms with van der Waals surface area (Å²) in [5.74, 6) is -0.208. The number of rotatable bonds is 18. The zero-order chi connectivity index (χ0) is 36.9. The lowest BCUT2D eigenvalue weighted by Gasteiger charge is -2.29. The summed E-state index contributed by atoms with van der Waals surface area (Å²) in [4.78, 5) is 17.9. The molecule has 1 aliphatic heterocycles. The lowest BCUT2D eigenvalue weighted by atomic mass is 9.97. The van der Waals surface area contributed by atoms with E-state index in [9.17, 15) is 25.4 Å². The number of nitrogens with zero attached hydrogens (tertiary/aromatic N) is 3. The van der Waals surface area contributed by atoms with E-state index in [1.54, 1.807) is 30.5 Å². The molecular weight excluding hydrogens is 728 g/mol. The fourth-order valence-electron chi connectivity index (χ4n) is 6.00. The Bertz CT molecular complexity index is 1880. The maximum Gasteiger partial charge on any atom is 0.323 e. The molecule has 2 heterocycles. The molecule has 1 fully saturated rings. The number of carbonyl (C=O) groups is 1. The smallest absolute Gasteiger partial charge is 0.323 e. The van der Waals surface area contributed by atoms with Gasteiger partial charge in [0.1, 0.15) is 36.8 Å². The molecule has 1 aliphatic rings. The van der Waals surface area contributed by atoms with Crippen molar-refractivity contribution in [3.63, 3.8) is 0 Å². The van der Waals surface area contributed by atoms with Gasteiger partial charge in [-0.25, -0.2) is 0 Å². The number of likely N-dealkylation sites (tertiary alicyclic amines) is 1. The van der Waals surface area contributed by atoms with Crippen molar-refractivity contribution in [3.8, 4) is 28.7 Å². The number of aromatic nitrogens is 1. The molecule has 0 bridgehead atoms. The summed E-state index contributed by atoms with van der Waals surface area (Å²) >= 11 is 3.80. The first kappa shape index (κ1) is 38.4. The van der Waals surface area contributed by atoms with Crippen molar-refractivity contribution in [1.29, 1.82) is 10.7 Å². The first-order valence-corrected chi connectivity index (χ1v) is 17.9. The van der Waals surface area contributed by atoms with Crippen molar-refractivity contribution in [2.75, 3.05) is 38.1 Å². The standard InChI is InChI=1S/C39H43BrN6O6/c40-38-29(4-1-6-33(38)32-5-2-7-35(34(32)19-42)44-12-3-13-46-14-10-30(48)11-15-46)25-51-31-9-8-28(22-45-36(23-47)39(49)50)37(17-31)52-24-27-16-26(18-41)20-43-21-27/h1-2,4-9,16-17,19-21,30,36,42,44-45,47-48H,3,10-15,22-25H2,(H,49,50). The van der Waals surface area contributed by atoms with Crippen molar-refractivity contribution in [2.24, 2.45) is 0 Å². The van der Waals surface area contributed by atoms with Crippen LogP contribution in [0.2, 0.25) is 0 Å². The van der Waals surface area contributed by atoms with Crippen LogP contribution in [0.3, 0.4) is 0 Å². The van der Waals surface area contributed by atoms with E-state index in [2.05, 4.69) is 42.5 Å². The summed E-state index contributed by atoms with van der Waals surface area (Å²) < 4.78 is 13.2. The first-order valence-electron chi connectivity index (χ1n) is 17.1. The Morgan fingerprint density at radius 1 is 1.08 bits per heavy atom. The van der Waals surface area contributed by atoms with Gasteiger partial charge in [-0.3, -0.25) is 15.1 Å². The Kier molecular flexibility index (Phi) is 14.1. The van der Waals surface area contributed by atoms with Crippen LogP contribution < -0.4 is 20.1 Å². The van der Waals surface area contributed by atoms with Gasteiger partial charge in [0.05, 0.1) is 18.3 Å². The van der Waals surface area contributed by atoms with Gasteiger partial charge in [-0.15, -0.1) is 0 Å². The number of aliphatic hydroxyl groups excluding tert-OH is 2. The minimum Gasteiger partial charge on any atom is -0.489 e. The fourth-order valence-corrected chi connectivity index (χ4v) is 6.59. The molecule has 1 aromatic heterocycles. The highest BCUT2D eigenvalue weighted by Gasteiger charge is 2.19. The van der Waals surface area contributed by atoms with Crippen LogP contribution in [-0.2, 0) is 24.6 Å². The van der Waals surface area contributed by atoms with Gasteiger partial charge >= 0.3 is 5.97 Å². The van der Waals surface area contributed by atoms with E-state index in [4.69, 9.17) is 14.9 Å². The number of nitriles is 1. The van der Waals surface area contributed by atoms with Gasteiger partial charge in [-0.05, 0) is 71.1 Å². The lowest BCUT2D eigenvalue weighted by Crippen LogP contribution is -2.39. The van der Waals surface area contributed by atoms with E-state index in [0.29, 0.717) is 28.2 Å². The maximum atomic E-state index is 11.5. The quantitative estimate of drug-likeness (QED) is 0.0568. The number of carboxylic acid groups (broad SMARTS) is 1. The molecule has 12 nitrogen and oxygen atoms in total. The summed E-state index contributed by atoms with van der Waals surface area (Å²) in [6.45, 7) is 3.45. The van der Waals surface area contributed by atoms with Gasteiger partial charge in [0.2, 0.25) is 0 Å². The third-order valence-electron chi connectivity index (χ3n) is 8.91. The molecule has 272 valence electrons. The average molecular weight is 772 g/mol. The van der Waals surface area contributed by atoms with Crippen LogP contribution in [0, 0.1) is 16.7 Å². The predicted octanol–water partition coefficient (Wildman–Crippen LogP) is 5.33. The Morgan fingerprint density at radius 2 is 1.87 bits per heavy atom. The van der Waals surface area contributed by atoms with E-state index in [1.807, 2.05) is 36.4 Å². The third-order valence-corrected chi connectivity index (χ3v) is 9.85. The zero-order valence-electron chi connectivity index (χ0n) is 28.7. The molecule has 0 spiro atoms. The number of aliphatic hydroxyl groups is 2. The van der Waals surface area contributed by atoms with Crippen LogP contribution in [0.25, 0.3) is 11.1 Å². The molecule has 1 atom stereocenters. The predicted molar refractivity (Wildman–Crippen MR) is 202 cm³/mol. The molecular formula is C39H43BrN6O6. The van der Waals surface area contributed by atoms with Crippen LogP contribution >= 0.6 is 15.9 Å². The van der Waals surface area contributed by atoms with E-state index in [1.165, 1.54) is 12.4 Å². The number of halogens is 1. The fraction of sp³-hybridized carbons (Fsp3) is 0.333. The normalized spacial score (nSPS) is 14.0. The number of hydrogen-bond acceptors (Lipinski definition) is 11. The van der Waals surface area contributed by atoms with Crippen LogP contribution in [0.4, 0.5) is 5.69 Å². The zero-order valence-corrected chi connectivity index (χ0v) is 30.3. The van der Waals surface area contributed by atoms with Crippen LogP contribution in [0.5, 0.6) is 11.5 Å². The van der Waals surface area contributed by atoms with Crippen molar-refractivity contribution in [1.82, 2.24) is 15.2 Å². The number of piperidine rings is 1.